The Bertz CT molecular complexity index is 397. The summed E-state index contributed by atoms with van der Waals surface area (Å²) < 4.78 is 5.62. The molecule has 2 N–H and O–H groups in total. The van der Waals surface area contributed by atoms with Crippen LogP contribution in [-0.4, -0.2) is 49.7 Å². The molecule has 3 atom stereocenters. The summed E-state index contributed by atoms with van der Waals surface area (Å²) in [5.41, 5.74) is 0. The van der Waals surface area contributed by atoms with Gasteiger partial charge in [0.05, 0.1) is 7.85 Å². The summed E-state index contributed by atoms with van der Waals surface area (Å²) in [5.74, 6) is 2.15. The van der Waals surface area contributed by atoms with Gasteiger partial charge in [-0.2, -0.15) is 0 Å². The van der Waals surface area contributed by atoms with E-state index in [9.17, 15) is 5.11 Å². The average molecular weight is 487 g/mol. The molecular weight excluding hydrogens is 427 g/mol. The molecule has 33 heavy (non-hydrogen) atoms. The van der Waals surface area contributed by atoms with Gasteiger partial charge in [-0.05, 0) is 56.3 Å². The van der Waals surface area contributed by atoms with Gasteiger partial charge in [-0.15, -0.1) is 10.3 Å². The lowest BCUT2D eigenvalue weighted by Crippen LogP contribution is -2.13. The summed E-state index contributed by atoms with van der Waals surface area (Å²) in [5, 5.41) is 18.2. The maximum absolute atomic E-state index is 9.83. The molecule has 0 aliphatic heterocycles. The number of hydrogen-bond donors (Lipinski definition) is 2. The van der Waals surface area contributed by atoms with E-state index in [4.69, 9.17) is 17.1 Å². The molecule has 0 aromatic carbocycles. The average Bonchev–Trinajstić information content (AvgIpc) is 3.50. The maximum atomic E-state index is 9.83. The second-order valence-corrected chi connectivity index (χ2v) is 14.5. The summed E-state index contributed by atoms with van der Waals surface area (Å²) >= 11 is 0. The fourth-order valence-corrected chi connectivity index (χ4v) is 5.21. The molecule has 0 bridgehead atoms. The van der Waals surface area contributed by atoms with Crippen molar-refractivity contribution in [3.8, 4) is 0 Å². The number of aliphatic hydroxyl groups excluding tert-OH is 2. The Labute approximate surface area is 211 Å². The minimum atomic E-state index is -1.05. The molecule has 1 rings (SSSR count). The highest BCUT2D eigenvalue weighted by atomic mass is 32.3. The van der Waals surface area contributed by atoms with E-state index in [1.807, 2.05) is 0 Å². The molecule has 0 aromatic heterocycles. The fourth-order valence-electron chi connectivity index (χ4n) is 4.45. The van der Waals surface area contributed by atoms with Crippen LogP contribution in [0.25, 0.3) is 0 Å². The van der Waals surface area contributed by atoms with Gasteiger partial charge in [-0.25, -0.2) is 0 Å². The Morgan fingerprint density at radius 2 is 1.24 bits per heavy atom. The van der Waals surface area contributed by atoms with Crippen molar-refractivity contribution in [2.24, 2.45) is 11.8 Å². The largest absolute Gasteiger partial charge is 0.396 e. The first-order chi connectivity index (χ1) is 15.8. The summed E-state index contributed by atoms with van der Waals surface area (Å²) in [4.78, 5) is 0. The molecule has 2 radical (unpaired) electrons. The molecule has 3 unspecified atom stereocenters. The van der Waals surface area contributed by atoms with Crippen LogP contribution in [0.15, 0.2) is 0 Å². The van der Waals surface area contributed by atoms with Gasteiger partial charge in [0.1, 0.15) is 0 Å². The van der Waals surface area contributed by atoms with E-state index >= 15 is 0 Å². The van der Waals surface area contributed by atoms with Crippen molar-refractivity contribution in [2.45, 2.75) is 142 Å². The summed E-state index contributed by atoms with van der Waals surface area (Å²) in [6.45, 7) is 2.62. The molecule has 0 aromatic rings. The van der Waals surface area contributed by atoms with E-state index in [2.05, 4.69) is 25.7 Å². The van der Waals surface area contributed by atoms with E-state index in [1.54, 1.807) is 0 Å². The van der Waals surface area contributed by atoms with E-state index in [0.717, 1.165) is 56.7 Å². The molecule has 0 heterocycles. The maximum Gasteiger partial charge on any atom is 0.165 e. The quantitative estimate of drug-likeness (QED) is 0.0921. The van der Waals surface area contributed by atoms with Gasteiger partial charge < -0.3 is 14.4 Å². The fraction of sp³-hybridized carbons (Fsp3) is 1.00. The van der Waals surface area contributed by atoms with Crippen LogP contribution in [-0.2, 0) is 4.18 Å². The molecule has 1 aliphatic rings. The van der Waals surface area contributed by atoms with E-state index < -0.39 is 16.6 Å². The van der Waals surface area contributed by atoms with Crippen molar-refractivity contribution in [2.75, 3.05) is 25.4 Å². The molecule has 1 fully saturated rings. The third kappa shape index (κ3) is 25.2. The summed E-state index contributed by atoms with van der Waals surface area (Å²) in [6, 6.07) is 0. The lowest BCUT2D eigenvalue weighted by atomic mass is 9.99. The van der Waals surface area contributed by atoms with Crippen molar-refractivity contribution >= 4 is 18.2 Å². The van der Waals surface area contributed by atoms with Crippen LogP contribution in [0.5, 0.6) is 0 Å². The highest BCUT2D eigenvalue weighted by molar-refractivity contribution is 8.28. The smallest absolute Gasteiger partial charge is 0.165 e. The zero-order valence-corrected chi connectivity index (χ0v) is 23.7. The Morgan fingerprint density at radius 3 is 1.76 bits per heavy atom. The zero-order chi connectivity index (χ0) is 24.8. The monoisotopic (exact) mass is 486 g/mol. The third-order valence-electron chi connectivity index (χ3n) is 6.54. The van der Waals surface area contributed by atoms with Gasteiger partial charge in [0, 0.05) is 6.61 Å². The number of hydrogen-bond acceptors (Lipinski definition) is 3. The molecule has 1 saturated carbocycles. The summed E-state index contributed by atoms with van der Waals surface area (Å²) in [7, 11) is 4.20. The topological polar surface area (TPSA) is 49.7 Å². The molecular formula is C28H59BO3S. The van der Waals surface area contributed by atoms with Crippen LogP contribution in [0.3, 0.4) is 0 Å². The zero-order valence-electron chi connectivity index (χ0n) is 22.9. The van der Waals surface area contributed by atoms with Gasteiger partial charge in [-0.3, -0.25) is 0 Å². The molecule has 198 valence electrons. The van der Waals surface area contributed by atoms with Crippen molar-refractivity contribution in [1.82, 2.24) is 0 Å². The summed E-state index contributed by atoms with van der Waals surface area (Å²) in [6.07, 6.45) is 31.2. The molecule has 0 amide bonds. The molecule has 0 saturated heterocycles. The van der Waals surface area contributed by atoms with Crippen LogP contribution in [0.1, 0.15) is 129 Å². The van der Waals surface area contributed by atoms with Crippen molar-refractivity contribution < 1.29 is 14.4 Å². The molecule has 1 aliphatic carbocycles. The van der Waals surface area contributed by atoms with Crippen molar-refractivity contribution in [1.29, 1.82) is 0 Å². The highest BCUT2D eigenvalue weighted by Gasteiger charge is 2.34. The predicted molar refractivity (Wildman–Crippen MR) is 150 cm³/mol. The Morgan fingerprint density at radius 1 is 0.758 bits per heavy atom. The van der Waals surface area contributed by atoms with Crippen LogP contribution in [0.4, 0.5) is 0 Å². The second-order valence-electron chi connectivity index (χ2n) is 10.9. The molecule has 0 spiro atoms. The lowest BCUT2D eigenvalue weighted by molar-refractivity contribution is -0.0129. The van der Waals surface area contributed by atoms with Crippen molar-refractivity contribution in [3.63, 3.8) is 0 Å². The van der Waals surface area contributed by atoms with Gasteiger partial charge in [0.15, 0.2) is 6.29 Å². The SMILES string of the molecule is CCCCCCCCC1CC1CCCCCCCC(O)OS(C)(C)C.[B]CCCCCCO. The lowest BCUT2D eigenvalue weighted by Gasteiger charge is -2.28. The van der Waals surface area contributed by atoms with E-state index in [1.165, 1.54) is 83.5 Å². The molecule has 3 nitrogen and oxygen atoms in total. The Kier molecular flexibility index (Phi) is 22.9. The highest BCUT2D eigenvalue weighted by Crippen LogP contribution is 2.45. The van der Waals surface area contributed by atoms with E-state index in [-0.39, 0.29) is 0 Å². The normalized spacial score (nSPS) is 19.1. The predicted octanol–water partition coefficient (Wildman–Crippen LogP) is 8.17. The second kappa shape index (κ2) is 22.7. The minimum Gasteiger partial charge on any atom is -0.396 e. The molecule has 5 heteroatoms. The first kappa shape index (κ1) is 33.3. The van der Waals surface area contributed by atoms with Gasteiger partial charge in [0.25, 0.3) is 0 Å². The van der Waals surface area contributed by atoms with Crippen LogP contribution in [0, 0.1) is 11.8 Å². The third-order valence-corrected chi connectivity index (χ3v) is 7.33. The first-order valence-electron chi connectivity index (χ1n) is 14.2. The van der Waals surface area contributed by atoms with Crippen LogP contribution >= 0.6 is 10.3 Å². The number of rotatable bonds is 22. The standard InChI is InChI=1S/C22H46O2S.C6H13BO/c1-5-6-7-8-10-13-16-20-19-21(20)17-14-11-9-12-15-18-22(23)24-25(2,3)4;7-5-3-1-2-4-6-8/h20-23H,5-19H2,1-4H3;8H,1-6H2. The van der Waals surface area contributed by atoms with Crippen LogP contribution in [0.2, 0.25) is 6.32 Å². The first-order valence-corrected chi connectivity index (χ1v) is 17.0. The Balaban J connectivity index is 0.00000109. The number of aliphatic hydroxyl groups is 2. The van der Waals surface area contributed by atoms with Gasteiger partial charge in [0.2, 0.25) is 0 Å². The van der Waals surface area contributed by atoms with Crippen molar-refractivity contribution in [3.05, 3.63) is 0 Å². The number of unbranched alkanes of at least 4 members (excludes halogenated alkanes) is 12. The van der Waals surface area contributed by atoms with Gasteiger partial charge in [-0.1, -0.05) is 110 Å². The van der Waals surface area contributed by atoms with Gasteiger partial charge >= 0.3 is 0 Å². The van der Waals surface area contributed by atoms with Crippen LogP contribution < -0.4 is 0 Å². The van der Waals surface area contributed by atoms with E-state index in [0.29, 0.717) is 6.61 Å². The Hall–Kier alpha value is 0.295. The minimum absolute atomic E-state index is 0.324.